The Hall–Kier alpha value is -3.23. The van der Waals surface area contributed by atoms with Gasteiger partial charge in [0.1, 0.15) is 28.7 Å². The molecule has 1 fully saturated rings. The van der Waals surface area contributed by atoms with E-state index in [0.717, 1.165) is 17.0 Å². The Balaban J connectivity index is 1.70. The molecule has 9 heteroatoms. The summed E-state index contributed by atoms with van der Waals surface area (Å²) >= 11 is 0. The summed E-state index contributed by atoms with van der Waals surface area (Å²) in [6, 6.07) is 4.25. The van der Waals surface area contributed by atoms with E-state index in [2.05, 4.69) is 0 Å². The van der Waals surface area contributed by atoms with Crippen LogP contribution in [0.15, 0.2) is 28.7 Å². The van der Waals surface area contributed by atoms with Crippen molar-refractivity contribution in [2.75, 3.05) is 18.5 Å². The molecule has 2 heterocycles. The van der Waals surface area contributed by atoms with E-state index in [9.17, 15) is 23.2 Å². The number of halogens is 2. The number of rotatable bonds is 5. The van der Waals surface area contributed by atoms with Gasteiger partial charge in [0.25, 0.3) is 0 Å². The van der Waals surface area contributed by atoms with Crippen LogP contribution in [0.5, 0.6) is 0 Å². The lowest BCUT2D eigenvalue weighted by molar-refractivity contribution is -0.135. The molecule has 1 aromatic heterocycles. The van der Waals surface area contributed by atoms with Crippen molar-refractivity contribution in [2.24, 2.45) is 5.92 Å². The molecular formula is C19H18F2N2O5. The molecular weight excluding hydrogens is 374 g/mol. The van der Waals surface area contributed by atoms with Crippen molar-refractivity contribution in [3.05, 3.63) is 53.0 Å². The highest BCUT2D eigenvalue weighted by molar-refractivity contribution is 6.00. The SMILES string of the molecule is Cc1oc(CN(C)C(=O)C2CC(=O)N(c3ccc(F)cc3F)C2)cc1C(=O)O. The molecule has 148 valence electrons. The Labute approximate surface area is 159 Å². The molecule has 1 saturated heterocycles. The minimum atomic E-state index is -1.13. The molecule has 1 atom stereocenters. The molecule has 1 aliphatic heterocycles. The fourth-order valence-corrected chi connectivity index (χ4v) is 3.26. The van der Waals surface area contributed by atoms with E-state index in [1.165, 1.54) is 24.9 Å². The van der Waals surface area contributed by atoms with Crippen LogP contribution in [-0.4, -0.2) is 41.4 Å². The van der Waals surface area contributed by atoms with Gasteiger partial charge in [-0.25, -0.2) is 13.6 Å². The van der Waals surface area contributed by atoms with E-state index in [-0.39, 0.29) is 42.4 Å². The summed E-state index contributed by atoms with van der Waals surface area (Å²) in [6.45, 7) is 1.52. The lowest BCUT2D eigenvalue weighted by atomic mass is 10.1. The van der Waals surface area contributed by atoms with Gasteiger partial charge in [0.05, 0.1) is 18.2 Å². The smallest absolute Gasteiger partial charge is 0.339 e. The molecule has 1 N–H and O–H groups in total. The monoisotopic (exact) mass is 392 g/mol. The van der Waals surface area contributed by atoms with Gasteiger partial charge in [-0.15, -0.1) is 0 Å². The van der Waals surface area contributed by atoms with Crippen molar-refractivity contribution < 1.29 is 32.7 Å². The number of nitrogens with zero attached hydrogens (tertiary/aromatic N) is 2. The predicted molar refractivity (Wildman–Crippen MR) is 93.7 cm³/mol. The number of anilines is 1. The van der Waals surface area contributed by atoms with Crippen molar-refractivity contribution >= 4 is 23.5 Å². The number of hydrogen-bond acceptors (Lipinski definition) is 4. The number of hydrogen-bond donors (Lipinski definition) is 1. The standard InChI is InChI=1S/C19H18F2N2O5/c1-10-14(19(26)27)7-13(28-10)9-22(2)18(25)11-5-17(24)23(8-11)16-4-3-12(20)6-15(16)21/h3-4,6-7,11H,5,8-9H2,1-2H3,(H,26,27). The third-order valence-electron chi connectivity index (χ3n) is 4.64. The molecule has 0 bridgehead atoms. The Bertz CT molecular complexity index is 956. The quantitative estimate of drug-likeness (QED) is 0.845. The zero-order valence-corrected chi connectivity index (χ0v) is 15.2. The fourth-order valence-electron chi connectivity index (χ4n) is 3.26. The highest BCUT2D eigenvalue weighted by atomic mass is 19.1. The number of carboxylic acid groups (broad SMARTS) is 1. The number of furan rings is 1. The maximum Gasteiger partial charge on any atom is 0.339 e. The summed E-state index contributed by atoms with van der Waals surface area (Å²) in [4.78, 5) is 38.5. The van der Waals surface area contributed by atoms with Gasteiger partial charge >= 0.3 is 5.97 Å². The highest BCUT2D eigenvalue weighted by Crippen LogP contribution is 2.29. The molecule has 0 spiro atoms. The Kier molecular flexibility index (Phi) is 5.17. The third kappa shape index (κ3) is 3.73. The molecule has 7 nitrogen and oxygen atoms in total. The lowest BCUT2D eigenvalue weighted by Crippen LogP contribution is -2.34. The fraction of sp³-hybridized carbons (Fsp3) is 0.316. The van der Waals surface area contributed by atoms with Crippen LogP contribution in [0.4, 0.5) is 14.5 Å². The van der Waals surface area contributed by atoms with Gasteiger partial charge in [-0.3, -0.25) is 9.59 Å². The molecule has 2 aromatic rings. The van der Waals surface area contributed by atoms with Gasteiger partial charge in [0.2, 0.25) is 11.8 Å². The first-order chi connectivity index (χ1) is 13.2. The molecule has 28 heavy (non-hydrogen) atoms. The number of carboxylic acids is 1. The summed E-state index contributed by atoms with van der Waals surface area (Å²) in [5, 5.41) is 9.06. The number of carbonyl (C=O) groups excluding carboxylic acids is 2. The zero-order valence-electron chi connectivity index (χ0n) is 15.2. The van der Waals surface area contributed by atoms with Gasteiger partial charge in [-0.05, 0) is 25.1 Å². The summed E-state index contributed by atoms with van der Waals surface area (Å²) in [5.74, 6) is -3.70. The van der Waals surface area contributed by atoms with Crippen molar-refractivity contribution in [1.82, 2.24) is 4.90 Å². The van der Waals surface area contributed by atoms with E-state index in [4.69, 9.17) is 9.52 Å². The van der Waals surface area contributed by atoms with Gasteiger partial charge < -0.3 is 19.3 Å². The number of amides is 2. The second kappa shape index (κ2) is 7.41. The van der Waals surface area contributed by atoms with Crippen molar-refractivity contribution in [3.63, 3.8) is 0 Å². The normalized spacial score (nSPS) is 16.5. The molecule has 1 aromatic carbocycles. The van der Waals surface area contributed by atoms with Crippen LogP contribution in [0.1, 0.15) is 28.3 Å². The van der Waals surface area contributed by atoms with Crippen LogP contribution in [0.2, 0.25) is 0 Å². The highest BCUT2D eigenvalue weighted by Gasteiger charge is 2.37. The number of carbonyl (C=O) groups is 3. The average molecular weight is 392 g/mol. The van der Waals surface area contributed by atoms with Crippen LogP contribution < -0.4 is 4.90 Å². The van der Waals surface area contributed by atoms with Gasteiger partial charge in [-0.2, -0.15) is 0 Å². The average Bonchev–Trinajstić information content (AvgIpc) is 3.17. The molecule has 3 rings (SSSR count). The Morgan fingerprint density at radius 2 is 2.04 bits per heavy atom. The van der Waals surface area contributed by atoms with Crippen LogP contribution in [-0.2, 0) is 16.1 Å². The molecule has 0 aliphatic carbocycles. The van der Waals surface area contributed by atoms with Crippen LogP contribution in [0.3, 0.4) is 0 Å². The Morgan fingerprint density at radius 3 is 2.64 bits per heavy atom. The largest absolute Gasteiger partial charge is 0.478 e. The van der Waals surface area contributed by atoms with Gasteiger partial charge in [0, 0.05) is 26.1 Å². The van der Waals surface area contributed by atoms with E-state index in [1.807, 2.05) is 0 Å². The van der Waals surface area contributed by atoms with E-state index < -0.39 is 29.4 Å². The number of aryl methyl sites for hydroxylation is 1. The van der Waals surface area contributed by atoms with Crippen LogP contribution in [0.25, 0.3) is 0 Å². The molecule has 0 saturated carbocycles. The first kappa shape index (κ1) is 19.5. The topological polar surface area (TPSA) is 91.1 Å². The molecule has 1 unspecified atom stereocenters. The van der Waals surface area contributed by atoms with E-state index in [1.54, 1.807) is 0 Å². The summed E-state index contributed by atoms with van der Waals surface area (Å²) in [7, 11) is 1.51. The molecule has 1 aliphatic rings. The van der Waals surface area contributed by atoms with E-state index >= 15 is 0 Å². The lowest BCUT2D eigenvalue weighted by Gasteiger charge is -2.21. The zero-order chi connectivity index (χ0) is 20.6. The Morgan fingerprint density at radius 1 is 1.32 bits per heavy atom. The maximum absolute atomic E-state index is 14.0. The minimum Gasteiger partial charge on any atom is -0.478 e. The van der Waals surface area contributed by atoms with E-state index in [0.29, 0.717) is 11.8 Å². The first-order valence-corrected chi connectivity index (χ1v) is 8.50. The first-order valence-electron chi connectivity index (χ1n) is 8.50. The number of aromatic carboxylic acids is 1. The summed E-state index contributed by atoms with van der Waals surface area (Å²) < 4.78 is 32.4. The second-order valence-corrected chi connectivity index (χ2v) is 6.68. The third-order valence-corrected chi connectivity index (χ3v) is 4.64. The molecule has 2 amide bonds. The van der Waals surface area contributed by atoms with Crippen LogP contribution >= 0.6 is 0 Å². The predicted octanol–water partition coefficient (Wildman–Crippen LogP) is 2.58. The van der Waals surface area contributed by atoms with Gasteiger partial charge in [0.15, 0.2) is 0 Å². The van der Waals surface area contributed by atoms with Crippen LogP contribution in [0, 0.1) is 24.5 Å². The minimum absolute atomic E-state index is 0.0184. The number of benzene rings is 1. The van der Waals surface area contributed by atoms with Crippen molar-refractivity contribution in [1.29, 1.82) is 0 Å². The maximum atomic E-state index is 14.0. The molecule has 0 radical (unpaired) electrons. The second-order valence-electron chi connectivity index (χ2n) is 6.68. The summed E-state index contributed by atoms with van der Waals surface area (Å²) in [5.41, 5.74) is -0.0537. The van der Waals surface area contributed by atoms with Crippen molar-refractivity contribution in [3.8, 4) is 0 Å². The van der Waals surface area contributed by atoms with Gasteiger partial charge in [-0.1, -0.05) is 0 Å². The summed E-state index contributed by atoms with van der Waals surface area (Å²) in [6.07, 6.45) is -0.0997. The van der Waals surface area contributed by atoms with Crippen molar-refractivity contribution in [2.45, 2.75) is 19.9 Å².